The van der Waals surface area contributed by atoms with Crippen LogP contribution in [0.5, 0.6) is 0 Å². The Morgan fingerprint density at radius 1 is 0.933 bits per heavy atom. The van der Waals surface area contributed by atoms with Crippen LogP contribution in [0.2, 0.25) is 0 Å². The van der Waals surface area contributed by atoms with Gasteiger partial charge in [-0.1, -0.05) is 78.2 Å². The molecule has 0 nitrogen and oxygen atoms in total. The summed E-state index contributed by atoms with van der Waals surface area (Å²) in [5.74, 6) is 2.47. The van der Waals surface area contributed by atoms with Crippen molar-refractivity contribution >= 4 is 0 Å². The third-order valence-electron chi connectivity index (χ3n) is 11.5. The average molecular weight is 411 g/mol. The highest BCUT2D eigenvalue weighted by atomic mass is 14.7. The molecule has 0 N–H and O–H groups in total. The summed E-state index contributed by atoms with van der Waals surface area (Å²) < 4.78 is 0. The number of allylic oxidation sites excluding steroid dienone is 3. The third kappa shape index (κ3) is 3.21. The van der Waals surface area contributed by atoms with Gasteiger partial charge in [0, 0.05) is 0 Å². The molecule has 2 saturated carbocycles. The highest BCUT2D eigenvalue weighted by Gasteiger charge is 2.61. The maximum absolute atomic E-state index is 4.33. The van der Waals surface area contributed by atoms with Crippen molar-refractivity contribution in [2.24, 2.45) is 39.4 Å². The molecular formula is C30H50. The van der Waals surface area contributed by atoms with E-state index in [1.165, 1.54) is 82.6 Å². The lowest BCUT2D eigenvalue weighted by Crippen LogP contribution is -2.51. The third-order valence-corrected chi connectivity index (χ3v) is 11.5. The summed E-state index contributed by atoms with van der Waals surface area (Å²) in [5.41, 5.74) is 7.40. The first-order valence-corrected chi connectivity index (χ1v) is 13.4. The zero-order valence-electron chi connectivity index (χ0n) is 21.4. The monoisotopic (exact) mass is 410 g/mol. The van der Waals surface area contributed by atoms with Gasteiger partial charge in [-0.15, -0.1) is 0 Å². The maximum Gasteiger partial charge on any atom is -0.00569 e. The lowest BCUT2D eigenvalue weighted by Gasteiger charge is -2.61. The molecule has 0 bridgehead atoms. The Balaban J connectivity index is 1.58. The minimum absolute atomic E-state index is 0.468. The van der Waals surface area contributed by atoms with Gasteiger partial charge in [0.1, 0.15) is 0 Å². The first-order valence-electron chi connectivity index (χ1n) is 13.4. The Bertz CT molecular complexity index is 720. The van der Waals surface area contributed by atoms with Crippen LogP contribution in [-0.4, -0.2) is 0 Å². The van der Waals surface area contributed by atoms with Gasteiger partial charge < -0.3 is 0 Å². The predicted octanol–water partition coefficient (Wildman–Crippen LogP) is 9.51. The quantitative estimate of drug-likeness (QED) is 0.396. The van der Waals surface area contributed by atoms with E-state index < -0.39 is 0 Å². The van der Waals surface area contributed by atoms with Crippen LogP contribution in [0.4, 0.5) is 0 Å². The molecule has 0 aromatic heterocycles. The van der Waals surface area contributed by atoms with E-state index in [4.69, 9.17) is 0 Å². The molecule has 0 saturated heterocycles. The van der Waals surface area contributed by atoms with Crippen molar-refractivity contribution in [3.05, 3.63) is 23.3 Å². The number of hydrogen-bond acceptors (Lipinski definition) is 0. The van der Waals surface area contributed by atoms with Gasteiger partial charge in [0.25, 0.3) is 0 Å². The van der Waals surface area contributed by atoms with Crippen molar-refractivity contribution in [2.75, 3.05) is 0 Å². The van der Waals surface area contributed by atoms with Crippen LogP contribution in [0.15, 0.2) is 23.3 Å². The van der Waals surface area contributed by atoms with Crippen molar-refractivity contribution in [3.8, 4) is 0 Å². The van der Waals surface area contributed by atoms with Crippen molar-refractivity contribution in [3.63, 3.8) is 0 Å². The Labute approximate surface area is 188 Å². The zero-order valence-corrected chi connectivity index (χ0v) is 21.4. The second kappa shape index (κ2) is 7.52. The standard InChI is InChI=1S/C30H50/c1-21(2)22(3)11-9-12-23-15-19-30(8)25-13-14-26-27(4,5)17-10-18-28(26,6)24(25)16-20-29(23,30)7/h21,23,26H,3,9-20H2,1-2,4-8H3. The molecular weight excluding hydrogens is 360 g/mol. The Morgan fingerprint density at radius 2 is 1.67 bits per heavy atom. The number of fused-ring (bicyclic) bond motifs is 4. The highest BCUT2D eigenvalue weighted by Crippen LogP contribution is 2.72. The molecule has 4 aliphatic rings. The second-order valence-electron chi connectivity index (χ2n) is 13.5. The molecule has 4 rings (SSSR count). The van der Waals surface area contributed by atoms with Crippen LogP contribution in [0.25, 0.3) is 0 Å². The molecule has 2 fully saturated rings. The average Bonchev–Trinajstić information content (AvgIpc) is 2.92. The SMILES string of the molecule is C=C(CCCC1CCC2(C)C3=C(CCC12C)C1(C)CCCC(C)(C)C1CC3)C(C)C. The molecule has 0 aliphatic heterocycles. The van der Waals surface area contributed by atoms with Crippen molar-refractivity contribution in [1.29, 1.82) is 0 Å². The molecule has 4 aliphatic carbocycles. The zero-order chi connectivity index (χ0) is 21.9. The van der Waals surface area contributed by atoms with Gasteiger partial charge in [0.05, 0.1) is 0 Å². The van der Waals surface area contributed by atoms with E-state index in [1.54, 1.807) is 0 Å². The van der Waals surface area contributed by atoms with E-state index in [9.17, 15) is 0 Å². The van der Waals surface area contributed by atoms with E-state index in [-0.39, 0.29) is 0 Å². The Kier molecular flexibility index (Phi) is 5.68. The number of hydrogen-bond donors (Lipinski definition) is 0. The summed E-state index contributed by atoms with van der Waals surface area (Å²) in [6.45, 7) is 22.2. The summed E-state index contributed by atoms with van der Waals surface area (Å²) in [6.07, 6.45) is 17.0. The van der Waals surface area contributed by atoms with E-state index in [1.807, 2.05) is 11.1 Å². The first-order chi connectivity index (χ1) is 14.0. The van der Waals surface area contributed by atoms with Crippen molar-refractivity contribution in [2.45, 2.75) is 126 Å². The minimum atomic E-state index is 0.468. The molecule has 30 heavy (non-hydrogen) atoms. The van der Waals surface area contributed by atoms with Crippen LogP contribution < -0.4 is 0 Å². The summed E-state index contributed by atoms with van der Waals surface area (Å²) in [6, 6.07) is 0. The predicted molar refractivity (Wildman–Crippen MR) is 131 cm³/mol. The summed E-state index contributed by atoms with van der Waals surface area (Å²) >= 11 is 0. The van der Waals surface area contributed by atoms with E-state index in [0.29, 0.717) is 27.6 Å². The molecule has 0 heterocycles. The summed E-state index contributed by atoms with van der Waals surface area (Å²) in [4.78, 5) is 0. The molecule has 170 valence electrons. The van der Waals surface area contributed by atoms with Gasteiger partial charge in [-0.2, -0.15) is 0 Å². The number of rotatable bonds is 5. The molecule has 0 heteroatoms. The second-order valence-corrected chi connectivity index (χ2v) is 13.5. The van der Waals surface area contributed by atoms with Gasteiger partial charge >= 0.3 is 0 Å². The van der Waals surface area contributed by atoms with Crippen LogP contribution in [0, 0.1) is 39.4 Å². The molecule has 5 unspecified atom stereocenters. The van der Waals surface area contributed by atoms with Crippen LogP contribution >= 0.6 is 0 Å². The van der Waals surface area contributed by atoms with Gasteiger partial charge in [-0.3, -0.25) is 0 Å². The molecule has 0 aromatic rings. The van der Waals surface area contributed by atoms with Gasteiger partial charge in [0.15, 0.2) is 0 Å². The van der Waals surface area contributed by atoms with Crippen LogP contribution in [0.1, 0.15) is 126 Å². The normalized spacial score (nSPS) is 42.7. The molecule has 0 aromatic carbocycles. The van der Waals surface area contributed by atoms with E-state index in [0.717, 1.165) is 11.8 Å². The topological polar surface area (TPSA) is 0 Å². The molecule has 0 spiro atoms. The smallest absolute Gasteiger partial charge is 0.00569 e. The molecule has 5 atom stereocenters. The highest BCUT2D eigenvalue weighted by molar-refractivity contribution is 5.38. The van der Waals surface area contributed by atoms with E-state index >= 15 is 0 Å². The Hall–Kier alpha value is -0.520. The summed E-state index contributed by atoms with van der Waals surface area (Å²) in [7, 11) is 0. The van der Waals surface area contributed by atoms with Gasteiger partial charge in [-0.25, -0.2) is 0 Å². The first kappa shape index (κ1) is 22.7. The van der Waals surface area contributed by atoms with E-state index in [2.05, 4.69) is 55.0 Å². The fourth-order valence-electron chi connectivity index (χ4n) is 9.23. The maximum atomic E-state index is 4.33. The van der Waals surface area contributed by atoms with Crippen LogP contribution in [-0.2, 0) is 0 Å². The van der Waals surface area contributed by atoms with Crippen LogP contribution in [0.3, 0.4) is 0 Å². The fraction of sp³-hybridized carbons (Fsp3) is 0.867. The lowest BCUT2D eigenvalue weighted by atomic mass is 9.44. The van der Waals surface area contributed by atoms with Crippen molar-refractivity contribution < 1.29 is 0 Å². The lowest BCUT2D eigenvalue weighted by molar-refractivity contribution is -0.0156. The van der Waals surface area contributed by atoms with Crippen molar-refractivity contribution in [1.82, 2.24) is 0 Å². The molecule has 0 radical (unpaired) electrons. The van der Waals surface area contributed by atoms with Gasteiger partial charge in [-0.05, 0) is 110 Å². The fourth-order valence-corrected chi connectivity index (χ4v) is 9.23. The Morgan fingerprint density at radius 3 is 2.37 bits per heavy atom. The summed E-state index contributed by atoms with van der Waals surface area (Å²) in [5, 5.41) is 0. The molecule has 0 amide bonds. The van der Waals surface area contributed by atoms with Gasteiger partial charge in [0.2, 0.25) is 0 Å². The minimum Gasteiger partial charge on any atom is -0.0996 e. The largest absolute Gasteiger partial charge is 0.0996 e.